The minimum absolute atomic E-state index is 0.277. The van der Waals surface area contributed by atoms with Gasteiger partial charge in [-0.3, -0.25) is 19.6 Å². The Morgan fingerprint density at radius 1 is 1.19 bits per heavy atom. The highest BCUT2D eigenvalue weighted by Crippen LogP contribution is 2.31. The highest BCUT2D eigenvalue weighted by Gasteiger charge is 2.21. The Kier molecular flexibility index (Phi) is 6.91. The first-order valence-electron chi connectivity index (χ1n) is 10.2. The highest BCUT2D eigenvalue weighted by molar-refractivity contribution is 6.04. The number of primary amides is 1. The minimum Gasteiger partial charge on any atom is -0.489 e. The first-order chi connectivity index (χ1) is 14.9. The van der Waals surface area contributed by atoms with Gasteiger partial charge in [0.15, 0.2) is 0 Å². The van der Waals surface area contributed by atoms with Crippen LogP contribution >= 0.6 is 0 Å². The van der Waals surface area contributed by atoms with Crippen molar-refractivity contribution in [3.63, 3.8) is 0 Å². The number of nitrogens with one attached hydrogen (secondary N) is 1. The van der Waals surface area contributed by atoms with Crippen molar-refractivity contribution in [2.75, 3.05) is 25.6 Å². The molecule has 0 aliphatic carbocycles. The predicted molar refractivity (Wildman–Crippen MR) is 117 cm³/mol. The first-order valence-corrected chi connectivity index (χ1v) is 10.2. The Morgan fingerprint density at radius 3 is 2.61 bits per heavy atom. The first kappa shape index (κ1) is 22.3. The van der Waals surface area contributed by atoms with Crippen LogP contribution in [0.4, 0.5) is 5.95 Å². The van der Waals surface area contributed by atoms with Crippen molar-refractivity contribution >= 4 is 28.8 Å². The van der Waals surface area contributed by atoms with Gasteiger partial charge < -0.3 is 19.8 Å². The van der Waals surface area contributed by atoms with E-state index in [0.717, 1.165) is 12.1 Å². The number of methoxy groups -OCH3 is 1. The summed E-state index contributed by atoms with van der Waals surface area (Å²) in [5, 5.41) is 7.21. The number of carbonyl (C=O) groups is 2. The molecule has 31 heavy (non-hydrogen) atoms. The van der Waals surface area contributed by atoms with Gasteiger partial charge in [0.25, 0.3) is 5.91 Å². The van der Waals surface area contributed by atoms with E-state index in [4.69, 9.17) is 15.2 Å². The van der Waals surface area contributed by atoms with E-state index >= 15 is 0 Å². The quantitative estimate of drug-likeness (QED) is 0.477. The fraction of sp³-hybridized carbons (Fsp3) is 0.429. The van der Waals surface area contributed by atoms with Crippen molar-refractivity contribution in [3.05, 3.63) is 35.2 Å². The number of hydrogen-bond donors (Lipinski definition) is 2. The molecule has 0 spiro atoms. The summed E-state index contributed by atoms with van der Waals surface area (Å²) in [7, 11) is 1.58. The fourth-order valence-corrected chi connectivity index (χ4v) is 3.39. The third kappa shape index (κ3) is 4.69. The van der Waals surface area contributed by atoms with Gasteiger partial charge in [-0.1, -0.05) is 6.92 Å². The number of carbonyl (C=O) groups excluding carboxylic acids is 2. The molecule has 0 fully saturated rings. The number of aryl methyl sites for hydroxylation is 3. The molecular weight excluding hydrogens is 400 g/mol. The van der Waals surface area contributed by atoms with Gasteiger partial charge in [0, 0.05) is 25.8 Å². The van der Waals surface area contributed by atoms with Crippen LogP contribution in [-0.2, 0) is 17.8 Å². The molecule has 0 saturated heterocycles. The second-order valence-corrected chi connectivity index (χ2v) is 7.08. The summed E-state index contributed by atoms with van der Waals surface area (Å²) < 4.78 is 14.4. The number of hydrogen-bond acceptors (Lipinski definition) is 6. The van der Waals surface area contributed by atoms with Crippen molar-refractivity contribution in [3.8, 4) is 5.75 Å². The lowest BCUT2D eigenvalue weighted by molar-refractivity contribution is 0.0995. The van der Waals surface area contributed by atoms with Crippen LogP contribution in [0.15, 0.2) is 18.2 Å². The van der Waals surface area contributed by atoms with E-state index in [9.17, 15) is 9.59 Å². The van der Waals surface area contributed by atoms with E-state index < -0.39 is 5.91 Å². The van der Waals surface area contributed by atoms with Crippen LogP contribution in [0.25, 0.3) is 11.0 Å². The van der Waals surface area contributed by atoms with Crippen LogP contribution in [0.5, 0.6) is 5.75 Å². The summed E-state index contributed by atoms with van der Waals surface area (Å²) in [6.45, 7) is 7.62. The number of ether oxygens (including phenoxy) is 2. The predicted octanol–water partition coefficient (Wildman–Crippen LogP) is 2.35. The number of nitrogens with zero attached hydrogens (tertiary/aromatic N) is 4. The minimum atomic E-state index is -0.587. The normalized spacial score (nSPS) is 11.1. The van der Waals surface area contributed by atoms with Gasteiger partial charge in [0.1, 0.15) is 23.6 Å². The molecule has 0 aliphatic rings. The van der Waals surface area contributed by atoms with Crippen molar-refractivity contribution in [2.45, 2.75) is 40.3 Å². The summed E-state index contributed by atoms with van der Waals surface area (Å²) >= 11 is 0. The molecule has 0 radical (unpaired) electrons. The van der Waals surface area contributed by atoms with Crippen molar-refractivity contribution in [2.24, 2.45) is 5.73 Å². The lowest BCUT2D eigenvalue weighted by Crippen LogP contribution is -2.20. The van der Waals surface area contributed by atoms with E-state index in [-0.39, 0.29) is 11.5 Å². The van der Waals surface area contributed by atoms with E-state index in [2.05, 4.69) is 15.4 Å². The molecule has 2 aromatic heterocycles. The van der Waals surface area contributed by atoms with Gasteiger partial charge in [-0.2, -0.15) is 5.10 Å². The molecule has 0 saturated carbocycles. The Labute approximate surface area is 180 Å². The molecule has 166 valence electrons. The van der Waals surface area contributed by atoms with Crippen LogP contribution in [0.2, 0.25) is 0 Å². The zero-order valence-electron chi connectivity index (χ0n) is 18.3. The summed E-state index contributed by atoms with van der Waals surface area (Å²) in [5.74, 6) is -0.0793. The molecular formula is C21H28N6O4. The monoisotopic (exact) mass is 428 g/mol. The molecule has 1 aromatic carbocycles. The molecule has 2 heterocycles. The molecule has 3 rings (SSSR count). The van der Waals surface area contributed by atoms with Crippen LogP contribution < -0.4 is 15.8 Å². The van der Waals surface area contributed by atoms with Crippen molar-refractivity contribution < 1.29 is 19.1 Å². The molecule has 0 atom stereocenters. The molecule has 3 aromatic rings. The molecule has 0 aliphatic heterocycles. The van der Waals surface area contributed by atoms with E-state index in [0.29, 0.717) is 54.7 Å². The number of nitrogens with two attached hydrogens (primary N) is 1. The smallest absolute Gasteiger partial charge is 0.276 e. The number of fused-ring (bicyclic) bond motifs is 1. The number of rotatable bonds is 10. The highest BCUT2D eigenvalue weighted by atomic mass is 16.5. The average molecular weight is 428 g/mol. The topological polar surface area (TPSA) is 126 Å². The Morgan fingerprint density at radius 2 is 1.97 bits per heavy atom. The molecule has 0 unspecified atom stereocenters. The van der Waals surface area contributed by atoms with Crippen molar-refractivity contribution in [1.29, 1.82) is 0 Å². The number of anilines is 1. The fourth-order valence-electron chi connectivity index (χ4n) is 3.39. The molecule has 10 heteroatoms. The van der Waals surface area contributed by atoms with Gasteiger partial charge in [-0.15, -0.1) is 0 Å². The average Bonchev–Trinajstić information content (AvgIpc) is 3.28. The zero-order valence-corrected chi connectivity index (χ0v) is 18.3. The van der Waals surface area contributed by atoms with E-state index in [1.165, 1.54) is 0 Å². The second-order valence-electron chi connectivity index (χ2n) is 7.08. The van der Waals surface area contributed by atoms with E-state index in [1.807, 2.05) is 25.3 Å². The molecule has 2 amide bonds. The maximum absolute atomic E-state index is 13.0. The maximum atomic E-state index is 13.0. The second kappa shape index (κ2) is 9.61. The Balaban J connectivity index is 2.08. The van der Waals surface area contributed by atoms with Gasteiger partial charge in [0.05, 0.1) is 17.8 Å². The van der Waals surface area contributed by atoms with Crippen molar-refractivity contribution in [1.82, 2.24) is 19.3 Å². The summed E-state index contributed by atoms with van der Waals surface area (Å²) in [6.07, 6.45) is 0.801. The molecule has 3 N–H and O–H groups in total. The molecule has 10 nitrogen and oxygen atoms in total. The maximum Gasteiger partial charge on any atom is 0.276 e. The Hall–Kier alpha value is -3.40. The lowest BCUT2D eigenvalue weighted by Gasteiger charge is -2.13. The summed E-state index contributed by atoms with van der Waals surface area (Å²) in [4.78, 5) is 29.3. The number of benzene rings is 1. The van der Waals surface area contributed by atoms with Gasteiger partial charge >= 0.3 is 0 Å². The van der Waals surface area contributed by atoms with E-state index in [1.54, 1.807) is 30.0 Å². The van der Waals surface area contributed by atoms with Gasteiger partial charge in [0.2, 0.25) is 11.9 Å². The Bertz CT molecular complexity index is 1100. The summed E-state index contributed by atoms with van der Waals surface area (Å²) in [6, 6.07) is 4.93. The number of aromatic nitrogens is 4. The summed E-state index contributed by atoms with van der Waals surface area (Å²) in [5.41, 5.74) is 8.16. The largest absolute Gasteiger partial charge is 0.489 e. The SMILES string of the molecule is CCCn1c(NC(=O)c2cc(C)nn2CC)nc2cc(C(N)=O)cc(OCCOC)c21. The standard InChI is InChI=1S/C21H28N6O4/c1-5-7-26-18-15(11-14(19(22)28)12-17(18)31-9-8-30-4)23-21(26)24-20(29)16-10-13(3)25-27(16)6-2/h10-12H,5-9H2,1-4H3,(H2,22,28)(H,23,24,29). The van der Waals surface area contributed by atoms with Crippen LogP contribution in [0, 0.1) is 6.92 Å². The number of imidazole rings is 1. The number of amides is 2. The van der Waals surface area contributed by atoms with Crippen LogP contribution in [-0.4, -0.2) is 51.5 Å². The third-order valence-electron chi connectivity index (χ3n) is 4.74. The van der Waals surface area contributed by atoms with Gasteiger partial charge in [-0.05, 0) is 38.5 Å². The molecule has 0 bridgehead atoms. The van der Waals surface area contributed by atoms with Crippen LogP contribution in [0.1, 0.15) is 46.8 Å². The van der Waals surface area contributed by atoms with Gasteiger partial charge in [-0.25, -0.2) is 4.98 Å². The zero-order chi connectivity index (χ0) is 22.5. The third-order valence-corrected chi connectivity index (χ3v) is 4.74. The lowest BCUT2D eigenvalue weighted by atomic mass is 10.1. The van der Waals surface area contributed by atoms with Crippen LogP contribution in [0.3, 0.4) is 0 Å².